The third kappa shape index (κ3) is 3.64. The van der Waals surface area contributed by atoms with E-state index in [4.69, 9.17) is 4.74 Å². The molecule has 2 aliphatic rings. The number of likely N-dealkylation sites (tertiary alicyclic amines) is 2. The summed E-state index contributed by atoms with van der Waals surface area (Å²) in [5.74, 6) is -0.0879. The molecule has 8 heteroatoms. The summed E-state index contributed by atoms with van der Waals surface area (Å²) in [6, 6.07) is 8.02. The molecule has 1 aromatic heterocycles. The van der Waals surface area contributed by atoms with Crippen LogP contribution in [0.5, 0.6) is 6.01 Å². The van der Waals surface area contributed by atoms with Gasteiger partial charge in [-0.2, -0.15) is 0 Å². The molecule has 2 saturated heterocycles. The molecule has 0 bridgehead atoms. The third-order valence-corrected chi connectivity index (χ3v) is 5.58. The quantitative estimate of drug-likeness (QED) is 0.678. The van der Waals surface area contributed by atoms with Gasteiger partial charge in [0.2, 0.25) is 5.91 Å². The SMILES string of the molecule is COc1ncc(C(=O)N2CC3(CN(C(=O)/C=C/c4ccc(Br)cc4)C3)C2)cn1. The van der Waals surface area contributed by atoms with Crippen LogP contribution in [0.2, 0.25) is 0 Å². The van der Waals surface area contributed by atoms with Crippen molar-refractivity contribution in [1.29, 1.82) is 0 Å². The van der Waals surface area contributed by atoms with Crippen molar-refractivity contribution < 1.29 is 14.3 Å². The number of rotatable bonds is 4. The Morgan fingerprint density at radius 2 is 1.68 bits per heavy atom. The first-order chi connectivity index (χ1) is 13.5. The number of nitrogens with zero attached hydrogens (tertiary/aromatic N) is 4. The summed E-state index contributed by atoms with van der Waals surface area (Å²) in [6.07, 6.45) is 6.37. The molecule has 0 atom stereocenters. The average Bonchev–Trinajstić information content (AvgIpc) is 2.65. The van der Waals surface area contributed by atoms with Gasteiger partial charge in [0.1, 0.15) is 0 Å². The van der Waals surface area contributed by atoms with E-state index >= 15 is 0 Å². The number of carbonyl (C=O) groups is 2. The van der Waals surface area contributed by atoms with E-state index in [9.17, 15) is 9.59 Å². The van der Waals surface area contributed by atoms with Crippen molar-refractivity contribution in [2.24, 2.45) is 5.41 Å². The summed E-state index contributed by atoms with van der Waals surface area (Å²) in [4.78, 5) is 36.3. The van der Waals surface area contributed by atoms with Gasteiger partial charge in [0.25, 0.3) is 5.91 Å². The second kappa shape index (κ2) is 7.35. The van der Waals surface area contributed by atoms with Crippen molar-refractivity contribution in [2.45, 2.75) is 0 Å². The minimum atomic E-state index is -0.0896. The summed E-state index contributed by atoms with van der Waals surface area (Å²) in [7, 11) is 1.48. The number of amides is 2. The Balaban J connectivity index is 1.27. The van der Waals surface area contributed by atoms with Gasteiger partial charge >= 0.3 is 6.01 Å². The molecule has 3 heterocycles. The Bertz CT molecular complexity index is 913. The lowest BCUT2D eigenvalue weighted by Crippen LogP contribution is -2.73. The number of carbonyl (C=O) groups excluding carboxylic acids is 2. The molecular formula is C20H19BrN4O3. The largest absolute Gasteiger partial charge is 0.467 e. The average molecular weight is 443 g/mol. The molecule has 28 heavy (non-hydrogen) atoms. The van der Waals surface area contributed by atoms with Crippen LogP contribution in [0.4, 0.5) is 0 Å². The maximum atomic E-state index is 12.5. The number of hydrogen-bond donors (Lipinski definition) is 0. The fourth-order valence-corrected chi connectivity index (χ4v) is 3.85. The topological polar surface area (TPSA) is 75.6 Å². The molecule has 0 N–H and O–H groups in total. The van der Waals surface area contributed by atoms with Gasteiger partial charge in [0.15, 0.2) is 0 Å². The molecule has 0 radical (unpaired) electrons. The normalized spacial score (nSPS) is 17.4. The van der Waals surface area contributed by atoms with E-state index in [1.54, 1.807) is 11.0 Å². The number of hydrogen-bond acceptors (Lipinski definition) is 5. The van der Waals surface area contributed by atoms with Crippen molar-refractivity contribution in [2.75, 3.05) is 33.3 Å². The van der Waals surface area contributed by atoms with Crippen LogP contribution >= 0.6 is 15.9 Å². The highest BCUT2D eigenvalue weighted by atomic mass is 79.9. The zero-order valence-electron chi connectivity index (χ0n) is 15.3. The molecule has 1 spiro atoms. The smallest absolute Gasteiger partial charge is 0.316 e. The fourth-order valence-electron chi connectivity index (χ4n) is 3.59. The van der Waals surface area contributed by atoms with Gasteiger partial charge < -0.3 is 14.5 Å². The van der Waals surface area contributed by atoms with Crippen LogP contribution in [0.1, 0.15) is 15.9 Å². The summed E-state index contributed by atoms with van der Waals surface area (Å²) in [5, 5.41) is 0. The number of halogens is 1. The van der Waals surface area contributed by atoms with Gasteiger partial charge in [-0.05, 0) is 23.8 Å². The molecular weight excluding hydrogens is 424 g/mol. The Hall–Kier alpha value is -2.74. The van der Waals surface area contributed by atoms with Crippen molar-refractivity contribution in [1.82, 2.24) is 19.8 Å². The highest BCUT2D eigenvalue weighted by Gasteiger charge is 2.54. The van der Waals surface area contributed by atoms with Gasteiger partial charge in [-0.15, -0.1) is 0 Å². The molecule has 7 nitrogen and oxygen atoms in total. The molecule has 2 aliphatic heterocycles. The number of benzene rings is 1. The summed E-state index contributed by atoms with van der Waals surface area (Å²) in [6.45, 7) is 2.66. The van der Waals surface area contributed by atoms with Gasteiger partial charge in [0.05, 0.1) is 12.7 Å². The Morgan fingerprint density at radius 1 is 1.07 bits per heavy atom. The van der Waals surface area contributed by atoms with E-state index in [0.29, 0.717) is 31.7 Å². The first-order valence-corrected chi connectivity index (χ1v) is 9.65. The number of aromatic nitrogens is 2. The zero-order valence-corrected chi connectivity index (χ0v) is 16.9. The van der Waals surface area contributed by atoms with E-state index in [1.807, 2.05) is 35.2 Å². The first kappa shape index (κ1) is 18.6. The maximum absolute atomic E-state index is 12.5. The highest BCUT2D eigenvalue weighted by Crippen LogP contribution is 2.40. The van der Waals surface area contributed by atoms with Crippen LogP contribution in [0.3, 0.4) is 0 Å². The van der Waals surface area contributed by atoms with E-state index in [2.05, 4.69) is 25.9 Å². The first-order valence-electron chi connectivity index (χ1n) is 8.86. The number of methoxy groups -OCH3 is 1. The van der Waals surface area contributed by atoms with Crippen molar-refractivity contribution in [3.05, 3.63) is 58.3 Å². The van der Waals surface area contributed by atoms with Crippen molar-refractivity contribution in [3.8, 4) is 6.01 Å². The van der Waals surface area contributed by atoms with Crippen LogP contribution in [-0.4, -0.2) is 64.9 Å². The van der Waals surface area contributed by atoms with Crippen LogP contribution in [0.15, 0.2) is 47.2 Å². The molecule has 0 aliphatic carbocycles. The van der Waals surface area contributed by atoms with Gasteiger partial charge in [-0.1, -0.05) is 28.1 Å². The van der Waals surface area contributed by atoms with Gasteiger partial charge in [0, 0.05) is 54.5 Å². The lowest BCUT2D eigenvalue weighted by Gasteiger charge is -2.59. The molecule has 0 saturated carbocycles. The predicted molar refractivity (Wildman–Crippen MR) is 107 cm³/mol. The van der Waals surface area contributed by atoms with Crippen LogP contribution in [0.25, 0.3) is 6.08 Å². The summed E-state index contributed by atoms with van der Waals surface area (Å²) in [5.41, 5.74) is 1.46. The third-order valence-electron chi connectivity index (χ3n) is 5.05. The lowest BCUT2D eigenvalue weighted by molar-refractivity contribution is -0.149. The van der Waals surface area contributed by atoms with Crippen molar-refractivity contribution >= 4 is 33.8 Å². The Labute approximate surface area is 171 Å². The van der Waals surface area contributed by atoms with Gasteiger partial charge in [-0.3, -0.25) is 9.59 Å². The molecule has 1 aromatic carbocycles. The van der Waals surface area contributed by atoms with Crippen LogP contribution in [-0.2, 0) is 4.79 Å². The van der Waals surface area contributed by atoms with Crippen molar-refractivity contribution in [3.63, 3.8) is 0 Å². The van der Waals surface area contributed by atoms with E-state index < -0.39 is 0 Å². The molecule has 4 rings (SSSR count). The van der Waals surface area contributed by atoms with Crippen LogP contribution < -0.4 is 4.74 Å². The minimum absolute atomic E-state index is 0.00174. The monoisotopic (exact) mass is 442 g/mol. The van der Waals surface area contributed by atoms with Crippen LogP contribution in [0, 0.1) is 5.41 Å². The molecule has 0 unspecified atom stereocenters. The molecule has 2 fully saturated rings. The van der Waals surface area contributed by atoms with Gasteiger partial charge in [-0.25, -0.2) is 9.97 Å². The Kier molecular flexibility index (Phi) is 4.89. The minimum Gasteiger partial charge on any atom is -0.467 e. The summed E-state index contributed by atoms with van der Waals surface area (Å²) < 4.78 is 5.91. The van der Waals surface area contributed by atoms with E-state index in [0.717, 1.165) is 10.0 Å². The highest BCUT2D eigenvalue weighted by molar-refractivity contribution is 9.10. The Morgan fingerprint density at radius 3 is 2.29 bits per heavy atom. The standard InChI is InChI=1S/C20H19BrN4O3/c1-28-19-22-8-15(9-23-19)18(27)25-12-20(13-25)10-24(11-20)17(26)7-4-14-2-5-16(21)6-3-14/h2-9H,10-13H2,1H3/b7-4+. The summed E-state index contributed by atoms with van der Waals surface area (Å²) >= 11 is 3.39. The maximum Gasteiger partial charge on any atom is 0.316 e. The molecule has 144 valence electrons. The zero-order chi connectivity index (χ0) is 19.7. The fraction of sp³-hybridized carbons (Fsp3) is 0.300. The second-order valence-electron chi connectivity index (χ2n) is 7.20. The van der Waals surface area contributed by atoms with E-state index in [-0.39, 0.29) is 23.2 Å². The molecule has 2 aromatic rings. The number of ether oxygens (including phenoxy) is 1. The molecule has 2 amide bonds. The predicted octanol–water partition coefficient (Wildman–Crippen LogP) is 2.25. The van der Waals surface area contributed by atoms with E-state index in [1.165, 1.54) is 19.5 Å². The lowest BCUT2D eigenvalue weighted by atomic mass is 9.72. The second-order valence-corrected chi connectivity index (χ2v) is 8.11.